The van der Waals surface area contributed by atoms with Crippen LogP contribution in [0.15, 0.2) is 54.6 Å². The van der Waals surface area contributed by atoms with Crippen molar-refractivity contribution in [3.8, 4) is 0 Å². The molecule has 2 rings (SSSR count). The largest absolute Gasteiger partial charge is 0.481 e. The van der Waals surface area contributed by atoms with Gasteiger partial charge in [0.25, 0.3) is 0 Å². The van der Waals surface area contributed by atoms with E-state index in [0.717, 1.165) is 0 Å². The number of benzene rings is 2. The molecule has 0 aliphatic heterocycles. The zero-order valence-corrected chi connectivity index (χ0v) is 18.0. The van der Waals surface area contributed by atoms with E-state index < -0.39 is 44.2 Å². The van der Waals surface area contributed by atoms with Gasteiger partial charge in [0.2, 0.25) is 0 Å². The molecule has 0 aliphatic rings. The van der Waals surface area contributed by atoms with Gasteiger partial charge in [-0.3, -0.25) is 14.4 Å². The van der Waals surface area contributed by atoms with Crippen molar-refractivity contribution in [2.45, 2.75) is 13.3 Å². The van der Waals surface area contributed by atoms with Crippen LogP contribution in [0, 0.1) is 5.92 Å². The van der Waals surface area contributed by atoms with Gasteiger partial charge in [0, 0.05) is 12.0 Å². The van der Waals surface area contributed by atoms with E-state index in [1.54, 1.807) is 24.3 Å². The number of carboxylic acids is 2. The number of Topliss-reactive ketones (excluding diaryl/α,β-unsaturated/α-hetero) is 1. The third-order valence-electron chi connectivity index (χ3n) is 3.71. The Morgan fingerprint density at radius 3 is 1.97 bits per heavy atom. The number of anilines is 1. The molecule has 31 heavy (non-hydrogen) atoms. The predicted octanol–water partition coefficient (Wildman–Crippen LogP) is 0.748. The Kier molecular flexibility index (Phi) is 9.83. The molecule has 2 aromatic rings. The fraction of sp³-hybridized carbons (Fsp3) is 0.158. The van der Waals surface area contributed by atoms with Crippen LogP contribution in [0.25, 0.3) is 0 Å². The summed E-state index contributed by atoms with van der Waals surface area (Å²) in [4.78, 5) is 43.5. The van der Waals surface area contributed by atoms with Crippen LogP contribution in [0.1, 0.15) is 23.7 Å². The third kappa shape index (κ3) is 8.19. The smallest absolute Gasteiger partial charge is 0.318 e. The second-order valence-corrected chi connectivity index (χ2v) is 9.56. The molecular formula is C19H20AsNO10. The van der Waals surface area contributed by atoms with Crippen LogP contribution < -0.4 is 9.67 Å². The zero-order chi connectivity index (χ0) is 23.6. The fourth-order valence-electron chi connectivity index (χ4n) is 2.27. The van der Waals surface area contributed by atoms with E-state index in [4.69, 9.17) is 15.5 Å². The molecule has 0 heterocycles. The molecule has 0 aromatic heterocycles. The second kappa shape index (κ2) is 11.8. The predicted molar refractivity (Wildman–Crippen MR) is 107 cm³/mol. The maximum atomic E-state index is 11.5. The van der Waals surface area contributed by atoms with E-state index in [-0.39, 0.29) is 15.9 Å². The summed E-state index contributed by atoms with van der Waals surface area (Å²) in [6, 6.07) is 13.8. The number of nitrogens with one attached hydrogen (secondary N) is 1. The van der Waals surface area contributed by atoms with E-state index in [0.29, 0.717) is 5.56 Å². The van der Waals surface area contributed by atoms with Crippen molar-refractivity contribution in [1.29, 1.82) is 0 Å². The monoisotopic (exact) mass is 497 g/mol. The first-order chi connectivity index (χ1) is 14.5. The first-order valence-electron chi connectivity index (χ1n) is 8.56. The van der Waals surface area contributed by atoms with Crippen molar-refractivity contribution in [3.05, 3.63) is 60.2 Å². The number of para-hydroxylation sites is 1. The summed E-state index contributed by atoms with van der Waals surface area (Å²) >= 11 is -4.92. The molecule has 1 unspecified atom stereocenters. The summed E-state index contributed by atoms with van der Waals surface area (Å²) in [5, 5.41) is 27.9. The minimum atomic E-state index is -4.92. The molecule has 0 saturated carbocycles. The van der Waals surface area contributed by atoms with Gasteiger partial charge in [-0.1, -0.05) is 30.3 Å². The average Bonchev–Trinajstić information content (AvgIpc) is 2.72. The standard InChI is InChI=1S/C11H10O5.C8H10AsNO5/c12-9(7-4-2-1-3-5-7)6-8(10(13)14)11(15)16;1-6(11)10-8-5-3-2-4-7(8)9(12,13)15-14/h1-5,8H,6H2,(H,13,14)(H,15,16);2-5,14H,1H3,(H,10,11)(H,12,13). The van der Waals surface area contributed by atoms with Crippen molar-refractivity contribution in [3.63, 3.8) is 0 Å². The Morgan fingerprint density at radius 2 is 1.48 bits per heavy atom. The van der Waals surface area contributed by atoms with Crippen LogP contribution in [-0.2, 0) is 22.0 Å². The molecule has 166 valence electrons. The summed E-state index contributed by atoms with van der Waals surface area (Å²) < 4.78 is 24.1. The van der Waals surface area contributed by atoms with Crippen molar-refractivity contribution in [2.75, 3.05) is 5.32 Å². The van der Waals surface area contributed by atoms with Crippen LogP contribution in [0.4, 0.5) is 5.69 Å². The molecule has 0 bridgehead atoms. The number of carbonyl (C=O) groups is 4. The van der Waals surface area contributed by atoms with Crippen molar-refractivity contribution >= 4 is 47.8 Å². The maximum absolute atomic E-state index is 11.5. The van der Waals surface area contributed by atoms with Crippen LogP contribution in [-0.4, -0.2) is 57.4 Å². The van der Waals surface area contributed by atoms with Crippen molar-refractivity contribution in [1.82, 2.24) is 0 Å². The van der Waals surface area contributed by atoms with Gasteiger partial charge in [0.1, 0.15) is 0 Å². The van der Waals surface area contributed by atoms with Gasteiger partial charge in [-0.25, -0.2) is 0 Å². The Balaban J connectivity index is 0.000000311. The molecule has 0 radical (unpaired) electrons. The number of hydrogen-bond donors (Lipinski definition) is 5. The van der Waals surface area contributed by atoms with Gasteiger partial charge >= 0.3 is 100 Å². The molecule has 0 spiro atoms. The molecule has 0 fully saturated rings. The van der Waals surface area contributed by atoms with Gasteiger partial charge in [-0.15, -0.1) is 0 Å². The number of aliphatic carboxylic acids is 2. The van der Waals surface area contributed by atoms with Crippen LogP contribution in [0.2, 0.25) is 0 Å². The molecule has 1 amide bonds. The normalized spacial score (nSPS) is 12.1. The van der Waals surface area contributed by atoms with E-state index in [2.05, 4.69) is 9.19 Å². The first kappa shape index (κ1) is 25.8. The van der Waals surface area contributed by atoms with Crippen LogP contribution in [0.3, 0.4) is 0 Å². The minimum Gasteiger partial charge on any atom is -0.481 e. The van der Waals surface area contributed by atoms with Gasteiger partial charge in [-0.2, -0.15) is 0 Å². The van der Waals surface area contributed by atoms with Gasteiger partial charge < -0.3 is 10.2 Å². The summed E-state index contributed by atoms with van der Waals surface area (Å²) in [6.07, 6.45) is -0.533. The number of hydrogen-bond acceptors (Lipinski definition) is 7. The number of ketones is 1. The van der Waals surface area contributed by atoms with E-state index in [1.807, 2.05) is 0 Å². The summed E-state index contributed by atoms with van der Waals surface area (Å²) in [6.45, 7) is 1.27. The third-order valence-corrected chi connectivity index (χ3v) is 6.27. The van der Waals surface area contributed by atoms with Crippen molar-refractivity contribution in [2.24, 2.45) is 5.92 Å². The van der Waals surface area contributed by atoms with Crippen molar-refractivity contribution < 1.29 is 46.4 Å². The molecule has 11 nitrogen and oxygen atoms in total. The molecular weight excluding hydrogens is 477 g/mol. The number of amides is 1. The number of rotatable bonds is 8. The molecule has 0 aliphatic carbocycles. The molecule has 0 saturated heterocycles. The fourth-order valence-corrected chi connectivity index (χ4v) is 3.94. The number of carboxylic acid groups (broad SMARTS) is 2. The topological polar surface area (TPSA) is 188 Å². The van der Waals surface area contributed by atoms with Gasteiger partial charge in [0.15, 0.2) is 11.7 Å². The maximum Gasteiger partial charge on any atom is 0.318 e. The zero-order valence-electron chi connectivity index (χ0n) is 16.2. The quantitative estimate of drug-likeness (QED) is 0.114. The molecule has 2 aromatic carbocycles. The SMILES string of the molecule is CC(=O)Nc1ccccc1[As](=O)(O)OO.O=C(CC(C(=O)O)C(=O)O)c1ccccc1. The molecule has 1 atom stereocenters. The Hall–Kier alpha value is -3.24. The van der Waals surface area contributed by atoms with Gasteiger partial charge in [-0.05, 0) is 0 Å². The van der Waals surface area contributed by atoms with E-state index >= 15 is 0 Å². The Morgan fingerprint density at radius 1 is 0.968 bits per heavy atom. The summed E-state index contributed by atoms with van der Waals surface area (Å²) in [5.74, 6) is -5.56. The Labute approximate surface area is 179 Å². The van der Waals surface area contributed by atoms with Crippen LogP contribution in [0.5, 0.6) is 0 Å². The summed E-state index contributed by atoms with van der Waals surface area (Å²) in [5.41, 5.74) is 0.471. The second-order valence-electron chi connectivity index (χ2n) is 6.02. The molecule has 5 N–H and O–H groups in total. The van der Waals surface area contributed by atoms with Crippen LogP contribution >= 0.6 is 0 Å². The first-order valence-corrected chi connectivity index (χ1v) is 11.9. The van der Waals surface area contributed by atoms with E-state index in [1.165, 1.54) is 37.3 Å². The average molecular weight is 497 g/mol. The molecule has 12 heteroatoms. The minimum absolute atomic E-state index is 0.103. The Bertz CT molecular complexity index is 978. The van der Waals surface area contributed by atoms with E-state index in [9.17, 15) is 27.0 Å². The summed E-state index contributed by atoms with van der Waals surface area (Å²) in [7, 11) is 0. The number of carbonyl (C=O) groups excluding carboxylic acids is 2. The van der Waals surface area contributed by atoms with Gasteiger partial charge in [0.05, 0.1) is 0 Å².